The maximum absolute atomic E-state index is 11.4. The molecule has 0 saturated heterocycles. The van der Waals surface area contributed by atoms with Crippen molar-refractivity contribution in [3.8, 4) is 0 Å². The summed E-state index contributed by atoms with van der Waals surface area (Å²) < 4.78 is 0. The maximum atomic E-state index is 11.4. The summed E-state index contributed by atoms with van der Waals surface area (Å²) in [5.41, 5.74) is 0. The van der Waals surface area contributed by atoms with Gasteiger partial charge in [-0.1, -0.05) is 20.8 Å². The van der Waals surface area contributed by atoms with Crippen molar-refractivity contribution in [3.05, 3.63) is 0 Å². The van der Waals surface area contributed by atoms with E-state index in [0.717, 1.165) is 6.42 Å². The molecule has 0 radical (unpaired) electrons. The van der Waals surface area contributed by atoms with Crippen LogP contribution in [0, 0.1) is 0 Å². The van der Waals surface area contributed by atoms with E-state index in [-0.39, 0.29) is 18.6 Å². The second-order valence-electron chi connectivity index (χ2n) is 3.54. The first-order valence-corrected chi connectivity index (χ1v) is 6.16. The van der Waals surface area contributed by atoms with E-state index < -0.39 is 0 Å². The van der Waals surface area contributed by atoms with Gasteiger partial charge < -0.3 is 10.4 Å². The fourth-order valence-corrected chi connectivity index (χ4v) is 1.61. The van der Waals surface area contributed by atoms with Crippen LogP contribution in [0.4, 0.5) is 0 Å². The van der Waals surface area contributed by atoms with E-state index in [4.69, 9.17) is 5.11 Å². The Kier molecular flexibility index (Phi) is 7.99. The molecule has 0 bridgehead atoms. The number of hydrogen-bond acceptors (Lipinski definition) is 3. The topological polar surface area (TPSA) is 49.3 Å². The van der Waals surface area contributed by atoms with Crippen LogP contribution in [-0.4, -0.2) is 34.7 Å². The van der Waals surface area contributed by atoms with Crippen molar-refractivity contribution < 1.29 is 9.90 Å². The van der Waals surface area contributed by atoms with Gasteiger partial charge in [0.25, 0.3) is 0 Å². The van der Waals surface area contributed by atoms with Crippen LogP contribution in [0.2, 0.25) is 0 Å². The third kappa shape index (κ3) is 7.21. The molecular formula is C10H21NO2S. The van der Waals surface area contributed by atoms with Gasteiger partial charge in [-0.05, 0) is 18.1 Å². The lowest BCUT2D eigenvalue weighted by atomic mass is 10.1. The first kappa shape index (κ1) is 13.8. The standard InChI is InChI=1S/C10H21NO2S/c1-4-9(5-6-12)11-10(13)7-14-8(2)3/h8-9,12H,4-7H2,1-3H3,(H,11,13). The number of thioether (sulfide) groups is 1. The Morgan fingerprint density at radius 3 is 2.57 bits per heavy atom. The van der Waals surface area contributed by atoms with Crippen LogP contribution in [-0.2, 0) is 4.79 Å². The molecule has 0 fully saturated rings. The maximum Gasteiger partial charge on any atom is 0.230 e. The van der Waals surface area contributed by atoms with Crippen molar-refractivity contribution in [2.24, 2.45) is 0 Å². The van der Waals surface area contributed by atoms with Crippen molar-refractivity contribution in [2.45, 2.75) is 44.9 Å². The minimum atomic E-state index is 0.0731. The fraction of sp³-hybridized carbons (Fsp3) is 0.900. The molecule has 14 heavy (non-hydrogen) atoms. The highest BCUT2D eigenvalue weighted by atomic mass is 32.2. The Hall–Kier alpha value is -0.220. The van der Waals surface area contributed by atoms with E-state index in [1.54, 1.807) is 11.8 Å². The second-order valence-corrected chi connectivity index (χ2v) is 5.11. The third-order valence-electron chi connectivity index (χ3n) is 1.88. The number of hydrogen-bond donors (Lipinski definition) is 2. The second kappa shape index (κ2) is 8.12. The number of nitrogens with one attached hydrogen (secondary N) is 1. The SMILES string of the molecule is CCC(CCO)NC(=O)CSC(C)C. The molecule has 1 amide bonds. The largest absolute Gasteiger partial charge is 0.396 e. The Bertz CT molecular complexity index is 162. The van der Waals surface area contributed by atoms with E-state index in [0.29, 0.717) is 17.4 Å². The number of carbonyl (C=O) groups excluding carboxylic acids is 1. The molecule has 4 heteroatoms. The highest BCUT2D eigenvalue weighted by Gasteiger charge is 2.09. The average molecular weight is 219 g/mol. The molecule has 0 aromatic carbocycles. The van der Waals surface area contributed by atoms with Crippen molar-refractivity contribution in [1.82, 2.24) is 5.32 Å². The van der Waals surface area contributed by atoms with Gasteiger partial charge in [-0.3, -0.25) is 4.79 Å². The number of amides is 1. The summed E-state index contributed by atoms with van der Waals surface area (Å²) in [6.07, 6.45) is 1.52. The van der Waals surface area contributed by atoms with Gasteiger partial charge in [0.15, 0.2) is 0 Å². The molecule has 0 aliphatic carbocycles. The summed E-state index contributed by atoms with van der Waals surface area (Å²) in [6.45, 7) is 6.29. The zero-order valence-electron chi connectivity index (χ0n) is 9.25. The van der Waals surface area contributed by atoms with E-state index >= 15 is 0 Å². The predicted molar refractivity (Wildman–Crippen MR) is 61.5 cm³/mol. The van der Waals surface area contributed by atoms with E-state index in [1.165, 1.54) is 0 Å². The number of rotatable bonds is 7. The first-order valence-electron chi connectivity index (χ1n) is 5.12. The van der Waals surface area contributed by atoms with Crippen LogP contribution in [0.1, 0.15) is 33.6 Å². The van der Waals surface area contributed by atoms with Crippen molar-refractivity contribution in [3.63, 3.8) is 0 Å². The molecule has 0 rings (SSSR count). The number of carbonyl (C=O) groups is 1. The van der Waals surface area contributed by atoms with Crippen LogP contribution < -0.4 is 5.32 Å². The Morgan fingerprint density at radius 1 is 1.50 bits per heavy atom. The molecule has 0 aromatic heterocycles. The lowest BCUT2D eigenvalue weighted by Gasteiger charge is -2.15. The summed E-state index contributed by atoms with van der Waals surface area (Å²) in [7, 11) is 0. The summed E-state index contributed by atoms with van der Waals surface area (Å²) in [5.74, 6) is 0.587. The lowest BCUT2D eigenvalue weighted by molar-refractivity contribution is -0.119. The van der Waals surface area contributed by atoms with Crippen molar-refractivity contribution >= 4 is 17.7 Å². The van der Waals surface area contributed by atoms with Crippen LogP contribution in [0.15, 0.2) is 0 Å². The van der Waals surface area contributed by atoms with Gasteiger partial charge in [-0.2, -0.15) is 0 Å². The van der Waals surface area contributed by atoms with Gasteiger partial charge in [-0.25, -0.2) is 0 Å². The summed E-state index contributed by atoms with van der Waals surface area (Å²) >= 11 is 1.64. The molecule has 2 N–H and O–H groups in total. The van der Waals surface area contributed by atoms with Gasteiger partial charge in [0.05, 0.1) is 5.75 Å². The Morgan fingerprint density at radius 2 is 2.14 bits per heavy atom. The third-order valence-corrected chi connectivity index (χ3v) is 2.98. The van der Waals surface area contributed by atoms with Crippen LogP contribution in [0.3, 0.4) is 0 Å². The molecule has 1 atom stereocenters. The number of aliphatic hydroxyl groups excluding tert-OH is 1. The zero-order valence-corrected chi connectivity index (χ0v) is 10.1. The highest BCUT2D eigenvalue weighted by Crippen LogP contribution is 2.08. The minimum absolute atomic E-state index is 0.0731. The molecule has 0 aromatic rings. The summed E-state index contributed by atoms with van der Waals surface area (Å²) in [4.78, 5) is 11.4. The molecule has 84 valence electrons. The Balaban J connectivity index is 3.67. The predicted octanol–water partition coefficient (Wildman–Crippen LogP) is 1.41. The monoisotopic (exact) mass is 219 g/mol. The van der Waals surface area contributed by atoms with Crippen LogP contribution >= 0.6 is 11.8 Å². The molecular weight excluding hydrogens is 198 g/mol. The van der Waals surface area contributed by atoms with Crippen molar-refractivity contribution in [2.75, 3.05) is 12.4 Å². The fourth-order valence-electron chi connectivity index (χ4n) is 1.05. The van der Waals surface area contributed by atoms with E-state index in [1.807, 2.05) is 6.92 Å². The zero-order chi connectivity index (χ0) is 11.0. The van der Waals surface area contributed by atoms with Gasteiger partial charge in [0, 0.05) is 12.6 Å². The smallest absolute Gasteiger partial charge is 0.230 e. The van der Waals surface area contributed by atoms with E-state index in [9.17, 15) is 4.79 Å². The quantitative estimate of drug-likeness (QED) is 0.680. The molecule has 1 unspecified atom stereocenters. The number of aliphatic hydroxyl groups is 1. The minimum Gasteiger partial charge on any atom is -0.396 e. The average Bonchev–Trinajstić information content (AvgIpc) is 2.14. The summed E-state index contributed by atoms with van der Waals surface area (Å²) in [6, 6.07) is 0.125. The lowest BCUT2D eigenvalue weighted by Crippen LogP contribution is -2.36. The van der Waals surface area contributed by atoms with Crippen LogP contribution in [0.5, 0.6) is 0 Å². The molecule has 0 aliphatic heterocycles. The highest BCUT2D eigenvalue weighted by molar-refractivity contribution is 8.00. The van der Waals surface area contributed by atoms with E-state index in [2.05, 4.69) is 19.2 Å². The molecule has 0 spiro atoms. The normalized spacial score (nSPS) is 12.9. The van der Waals surface area contributed by atoms with Gasteiger partial charge in [0.2, 0.25) is 5.91 Å². The first-order chi connectivity index (χ1) is 6.60. The molecule has 0 heterocycles. The Labute approximate surface area is 90.7 Å². The summed E-state index contributed by atoms with van der Waals surface area (Å²) in [5, 5.41) is 12.1. The van der Waals surface area contributed by atoms with Gasteiger partial charge >= 0.3 is 0 Å². The van der Waals surface area contributed by atoms with Crippen LogP contribution in [0.25, 0.3) is 0 Å². The molecule has 3 nitrogen and oxygen atoms in total. The molecule has 0 aliphatic rings. The van der Waals surface area contributed by atoms with Gasteiger partial charge in [0.1, 0.15) is 0 Å². The molecule has 0 saturated carbocycles. The van der Waals surface area contributed by atoms with Crippen molar-refractivity contribution in [1.29, 1.82) is 0 Å². The van der Waals surface area contributed by atoms with Gasteiger partial charge in [-0.15, -0.1) is 11.8 Å².